The van der Waals surface area contributed by atoms with Crippen molar-refractivity contribution < 1.29 is 4.79 Å². The summed E-state index contributed by atoms with van der Waals surface area (Å²) in [5, 5.41) is 7.87. The minimum atomic E-state index is -0.194. The van der Waals surface area contributed by atoms with Crippen molar-refractivity contribution in [2.24, 2.45) is 0 Å². The van der Waals surface area contributed by atoms with Gasteiger partial charge >= 0.3 is 0 Å². The van der Waals surface area contributed by atoms with Crippen LogP contribution in [0.25, 0.3) is 11.7 Å². The van der Waals surface area contributed by atoms with Crippen LogP contribution in [0.1, 0.15) is 42.3 Å². The van der Waals surface area contributed by atoms with Crippen molar-refractivity contribution in [3.8, 4) is 0 Å². The highest BCUT2D eigenvalue weighted by Gasteiger charge is 2.11. The molecule has 0 aliphatic carbocycles. The quantitative estimate of drug-likeness (QED) is 0.626. The number of amides is 1. The highest BCUT2D eigenvalue weighted by atomic mass is 35.5. The standard InChI is InChI=1S/C20H24ClN5O/c1-4-5-11-26-19(21)17(15(3)24-26)8-9-18(27)22-12-16-13-25-10-6-7-14(2)20(25)23-16/h6-10,13H,4-5,11-12H2,1-3H3,(H,22,27). The van der Waals surface area contributed by atoms with Crippen molar-refractivity contribution in [1.29, 1.82) is 0 Å². The van der Waals surface area contributed by atoms with Crippen molar-refractivity contribution in [3.63, 3.8) is 0 Å². The van der Waals surface area contributed by atoms with Crippen molar-refractivity contribution in [2.45, 2.75) is 46.7 Å². The van der Waals surface area contributed by atoms with E-state index in [0.29, 0.717) is 11.7 Å². The van der Waals surface area contributed by atoms with Gasteiger partial charge in [0.1, 0.15) is 10.8 Å². The number of unbranched alkanes of at least 4 members (excludes halogenated alkanes) is 1. The lowest BCUT2D eigenvalue weighted by Crippen LogP contribution is -2.20. The summed E-state index contributed by atoms with van der Waals surface area (Å²) in [4.78, 5) is 16.7. The van der Waals surface area contributed by atoms with Crippen LogP contribution in [0.2, 0.25) is 5.15 Å². The van der Waals surface area contributed by atoms with E-state index >= 15 is 0 Å². The first kappa shape index (κ1) is 19.2. The molecule has 27 heavy (non-hydrogen) atoms. The zero-order valence-corrected chi connectivity index (χ0v) is 16.6. The van der Waals surface area contributed by atoms with E-state index in [-0.39, 0.29) is 5.91 Å². The summed E-state index contributed by atoms with van der Waals surface area (Å²) in [6.45, 7) is 7.18. The third-order valence-corrected chi connectivity index (χ3v) is 4.80. The minimum Gasteiger partial charge on any atom is -0.347 e. The number of nitrogens with one attached hydrogen (secondary N) is 1. The molecule has 0 fully saturated rings. The van der Waals surface area contributed by atoms with Gasteiger partial charge in [-0.3, -0.25) is 9.48 Å². The summed E-state index contributed by atoms with van der Waals surface area (Å²) >= 11 is 6.39. The Labute approximate surface area is 163 Å². The van der Waals surface area contributed by atoms with Gasteiger partial charge in [-0.25, -0.2) is 4.98 Å². The van der Waals surface area contributed by atoms with Gasteiger partial charge in [0, 0.05) is 30.6 Å². The first-order chi connectivity index (χ1) is 13.0. The molecule has 0 aliphatic heterocycles. The van der Waals surface area contributed by atoms with E-state index in [1.54, 1.807) is 10.8 Å². The van der Waals surface area contributed by atoms with Crippen LogP contribution in [0.15, 0.2) is 30.6 Å². The predicted molar refractivity (Wildman–Crippen MR) is 108 cm³/mol. The summed E-state index contributed by atoms with van der Waals surface area (Å²) in [7, 11) is 0. The maximum absolute atomic E-state index is 12.2. The Morgan fingerprint density at radius 1 is 1.37 bits per heavy atom. The van der Waals surface area contributed by atoms with Gasteiger partial charge in [0.05, 0.1) is 17.9 Å². The number of hydrogen-bond acceptors (Lipinski definition) is 3. The number of rotatable bonds is 7. The van der Waals surface area contributed by atoms with Crippen LogP contribution >= 0.6 is 11.6 Å². The van der Waals surface area contributed by atoms with E-state index in [0.717, 1.165) is 47.5 Å². The van der Waals surface area contributed by atoms with E-state index in [1.807, 2.05) is 42.8 Å². The van der Waals surface area contributed by atoms with Gasteiger partial charge in [0.15, 0.2) is 0 Å². The molecule has 0 atom stereocenters. The fourth-order valence-corrected chi connectivity index (χ4v) is 3.22. The second kappa shape index (κ2) is 8.39. The second-order valence-corrected chi connectivity index (χ2v) is 6.93. The average molecular weight is 386 g/mol. The number of aromatic nitrogens is 4. The van der Waals surface area contributed by atoms with Crippen molar-refractivity contribution in [3.05, 3.63) is 58.3 Å². The lowest BCUT2D eigenvalue weighted by atomic mass is 10.2. The largest absolute Gasteiger partial charge is 0.347 e. The van der Waals surface area contributed by atoms with E-state index in [1.165, 1.54) is 6.08 Å². The molecule has 6 nitrogen and oxygen atoms in total. The van der Waals surface area contributed by atoms with E-state index in [4.69, 9.17) is 11.6 Å². The summed E-state index contributed by atoms with van der Waals surface area (Å²) in [6.07, 6.45) is 9.17. The predicted octanol–water partition coefficient (Wildman–Crippen LogP) is 3.93. The van der Waals surface area contributed by atoms with Gasteiger partial charge in [-0.2, -0.15) is 5.10 Å². The summed E-state index contributed by atoms with van der Waals surface area (Å²) < 4.78 is 3.75. The van der Waals surface area contributed by atoms with Gasteiger partial charge in [-0.05, 0) is 38.0 Å². The maximum atomic E-state index is 12.2. The second-order valence-electron chi connectivity index (χ2n) is 6.57. The van der Waals surface area contributed by atoms with E-state index in [2.05, 4.69) is 22.3 Å². The fourth-order valence-electron chi connectivity index (χ4n) is 2.90. The number of imidazole rings is 1. The van der Waals surface area contributed by atoms with E-state index < -0.39 is 0 Å². The van der Waals surface area contributed by atoms with Crippen LogP contribution in [0.5, 0.6) is 0 Å². The Morgan fingerprint density at radius 2 is 2.19 bits per heavy atom. The van der Waals surface area contributed by atoms with Crippen LogP contribution in [0.3, 0.4) is 0 Å². The molecule has 1 amide bonds. The Balaban J connectivity index is 1.63. The van der Waals surface area contributed by atoms with Crippen LogP contribution < -0.4 is 5.32 Å². The molecule has 0 radical (unpaired) electrons. The number of aryl methyl sites for hydroxylation is 3. The Morgan fingerprint density at radius 3 is 2.93 bits per heavy atom. The molecule has 3 aromatic rings. The zero-order valence-electron chi connectivity index (χ0n) is 15.9. The minimum absolute atomic E-state index is 0.194. The number of nitrogens with zero attached hydrogens (tertiary/aromatic N) is 4. The maximum Gasteiger partial charge on any atom is 0.244 e. The molecule has 0 spiro atoms. The van der Waals surface area contributed by atoms with Crippen LogP contribution in [0, 0.1) is 13.8 Å². The van der Waals surface area contributed by atoms with Gasteiger partial charge in [-0.15, -0.1) is 0 Å². The third-order valence-electron chi connectivity index (χ3n) is 4.41. The Hall–Kier alpha value is -2.60. The Bertz CT molecular complexity index is 986. The highest BCUT2D eigenvalue weighted by Crippen LogP contribution is 2.21. The third kappa shape index (κ3) is 4.39. The molecule has 0 unspecified atom stereocenters. The number of halogens is 1. The Kier molecular flexibility index (Phi) is 5.96. The number of carbonyl (C=O) groups excluding carboxylic acids is 1. The first-order valence-electron chi connectivity index (χ1n) is 9.11. The topological polar surface area (TPSA) is 64.2 Å². The molecular weight excluding hydrogens is 362 g/mol. The molecule has 3 heterocycles. The lowest BCUT2D eigenvalue weighted by molar-refractivity contribution is -0.116. The van der Waals surface area contributed by atoms with Gasteiger partial charge in [0.25, 0.3) is 0 Å². The summed E-state index contributed by atoms with van der Waals surface area (Å²) in [6, 6.07) is 3.99. The smallest absolute Gasteiger partial charge is 0.244 e. The molecule has 7 heteroatoms. The SMILES string of the molecule is CCCCn1nc(C)c(C=CC(=O)NCc2cn3cccc(C)c3n2)c1Cl. The number of fused-ring (bicyclic) bond motifs is 1. The monoisotopic (exact) mass is 385 g/mol. The summed E-state index contributed by atoms with van der Waals surface area (Å²) in [5.74, 6) is -0.194. The molecule has 3 aromatic heterocycles. The van der Waals surface area contributed by atoms with Gasteiger partial charge in [0.2, 0.25) is 5.91 Å². The number of carbonyl (C=O) groups is 1. The van der Waals surface area contributed by atoms with Crippen LogP contribution in [-0.2, 0) is 17.9 Å². The van der Waals surface area contributed by atoms with Crippen LogP contribution in [0.4, 0.5) is 0 Å². The van der Waals surface area contributed by atoms with Crippen molar-refractivity contribution in [2.75, 3.05) is 0 Å². The molecule has 0 saturated carbocycles. The van der Waals surface area contributed by atoms with Crippen molar-refractivity contribution in [1.82, 2.24) is 24.5 Å². The normalized spacial score (nSPS) is 11.6. The molecule has 142 valence electrons. The fraction of sp³-hybridized carbons (Fsp3) is 0.350. The van der Waals surface area contributed by atoms with Crippen molar-refractivity contribution >= 4 is 29.2 Å². The average Bonchev–Trinajstić information content (AvgIpc) is 3.18. The lowest BCUT2D eigenvalue weighted by Gasteiger charge is -2.01. The molecule has 0 aromatic carbocycles. The van der Waals surface area contributed by atoms with Crippen LogP contribution in [-0.4, -0.2) is 25.1 Å². The first-order valence-corrected chi connectivity index (χ1v) is 9.49. The number of hydrogen-bond donors (Lipinski definition) is 1. The highest BCUT2D eigenvalue weighted by molar-refractivity contribution is 6.31. The zero-order chi connectivity index (χ0) is 19.4. The number of pyridine rings is 1. The summed E-state index contributed by atoms with van der Waals surface area (Å²) in [5.41, 5.74) is 4.41. The van der Waals surface area contributed by atoms with Gasteiger partial charge in [-0.1, -0.05) is 31.0 Å². The van der Waals surface area contributed by atoms with Gasteiger partial charge < -0.3 is 9.72 Å². The molecule has 0 aliphatic rings. The molecule has 1 N–H and O–H groups in total. The molecular formula is C20H24ClN5O. The van der Waals surface area contributed by atoms with E-state index in [9.17, 15) is 4.79 Å². The molecule has 0 saturated heterocycles. The molecule has 0 bridgehead atoms. The molecule has 3 rings (SSSR count).